The number of thiazole rings is 1. The van der Waals surface area contributed by atoms with Crippen molar-refractivity contribution in [1.29, 1.82) is 0 Å². The van der Waals surface area contributed by atoms with Gasteiger partial charge in [0.25, 0.3) is 5.91 Å². The number of carboxylic acid groups (broad SMARTS) is 1. The van der Waals surface area contributed by atoms with Gasteiger partial charge in [0.2, 0.25) is 0 Å². The molecule has 2 N–H and O–H groups in total. The van der Waals surface area contributed by atoms with Crippen LogP contribution in [0.5, 0.6) is 0 Å². The van der Waals surface area contributed by atoms with E-state index >= 15 is 0 Å². The van der Waals surface area contributed by atoms with E-state index in [0.717, 1.165) is 9.75 Å². The molecule has 0 saturated carbocycles. The number of amides is 1. The van der Waals surface area contributed by atoms with Crippen molar-refractivity contribution in [3.05, 3.63) is 38.0 Å². The Hall–Kier alpha value is -1.99. The molecular formula is C13H12N2O3S2. The number of thiophene rings is 1. The standard InChI is InChI=1S/C13H12N2O3S2/c1-14-12(18)13-15-8(7-19-13)2-3-9-4-5-10(20-9)6-11(16)17/h2-5,7H,6H2,1H3,(H,14,18)(H,16,17). The van der Waals surface area contributed by atoms with Gasteiger partial charge in [-0.3, -0.25) is 9.59 Å². The van der Waals surface area contributed by atoms with Gasteiger partial charge in [-0.15, -0.1) is 22.7 Å². The van der Waals surface area contributed by atoms with E-state index in [2.05, 4.69) is 10.3 Å². The minimum absolute atomic E-state index is 0.0377. The number of aliphatic carboxylic acids is 1. The number of carboxylic acids is 1. The second kappa shape index (κ2) is 6.44. The van der Waals surface area contributed by atoms with Crippen molar-refractivity contribution in [2.24, 2.45) is 0 Å². The molecular weight excluding hydrogens is 296 g/mol. The van der Waals surface area contributed by atoms with Crippen LogP contribution >= 0.6 is 22.7 Å². The molecule has 5 nitrogen and oxygen atoms in total. The first-order chi connectivity index (χ1) is 9.58. The maximum absolute atomic E-state index is 11.4. The first-order valence-electron chi connectivity index (χ1n) is 5.74. The number of carbonyl (C=O) groups excluding carboxylic acids is 1. The SMILES string of the molecule is CNC(=O)c1nc(C=Cc2ccc(CC(=O)O)s2)cs1. The Morgan fingerprint density at radius 1 is 1.40 bits per heavy atom. The largest absolute Gasteiger partial charge is 0.481 e. The monoisotopic (exact) mass is 308 g/mol. The summed E-state index contributed by atoms with van der Waals surface area (Å²) in [6.07, 6.45) is 3.70. The van der Waals surface area contributed by atoms with E-state index in [4.69, 9.17) is 5.11 Å². The number of aromatic nitrogens is 1. The summed E-state index contributed by atoms with van der Waals surface area (Å²) in [5, 5.41) is 13.4. The average Bonchev–Trinajstić information content (AvgIpc) is 3.04. The van der Waals surface area contributed by atoms with Gasteiger partial charge >= 0.3 is 5.97 Å². The van der Waals surface area contributed by atoms with Crippen molar-refractivity contribution in [3.63, 3.8) is 0 Å². The number of carbonyl (C=O) groups is 2. The fourth-order valence-electron chi connectivity index (χ4n) is 1.47. The zero-order chi connectivity index (χ0) is 14.5. The first-order valence-corrected chi connectivity index (χ1v) is 7.44. The van der Waals surface area contributed by atoms with Crippen LogP contribution in [-0.4, -0.2) is 29.0 Å². The van der Waals surface area contributed by atoms with Crippen LogP contribution in [0.3, 0.4) is 0 Å². The minimum atomic E-state index is -0.836. The second-order valence-electron chi connectivity index (χ2n) is 3.86. The Kier molecular flexibility index (Phi) is 4.65. The van der Waals surface area contributed by atoms with Gasteiger partial charge in [0.15, 0.2) is 5.01 Å². The van der Waals surface area contributed by atoms with Gasteiger partial charge in [0.1, 0.15) is 0 Å². The van der Waals surface area contributed by atoms with Crippen LogP contribution in [-0.2, 0) is 11.2 Å². The van der Waals surface area contributed by atoms with Gasteiger partial charge in [-0.2, -0.15) is 0 Å². The summed E-state index contributed by atoms with van der Waals surface area (Å²) in [5.74, 6) is -1.04. The zero-order valence-corrected chi connectivity index (χ0v) is 12.3. The summed E-state index contributed by atoms with van der Waals surface area (Å²) in [7, 11) is 1.56. The normalized spacial score (nSPS) is 10.8. The van der Waals surface area contributed by atoms with Crippen LogP contribution in [0.1, 0.15) is 25.3 Å². The van der Waals surface area contributed by atoms with E-state index in [1.54, 1.807) is 24.6 Å². The van der Waals surface area contributed by atoms with E-state index < -0.39 is 5.97 Å². The molecule has 0 fully saturated rings. The lowest BCUT2D eigenvalue weighted by Crippen LogP contribution is -2.17. The molecule has 2 heterocycles. The molecule has 0 atom stereocenters. The maximum atomic E-state index is 11.4. The molecule has 0 saturated heterocycles. The summed E-state index contributed by atoms with van der Waals surface area (Å²) < 4.78 is 0. The van der Waals surface area contributed by atoms with Gasteiger partial charge < -0.3 is 10.4 Å². The summed E-state index contributed by atoms with van der Waals surface area (Å²) in [6, 6.07) is 3.67. The molecule has 0 radical (unpaired) electrons. The van der Waals surface area contributed by atoms with Crippen LogP contribution in [0.15, 0.2) is 17.5 Å². The van der Waals surface area contributed by atoms with Crippen molar-refractivity contribution >= 4 is 46.7 Å². The smallest absolute Gasteiger partial charge is 0.308 e. The predicted molar refractivity (Wildman–Crippen MR) is 80.1 cm³/mol. The molecule has 1 amide bonds. The summed E-state index contributed by atoms with van der Waals surface area (Å²) >= 11 is 2.71. The highest BCUT2D eigenvalue weighted by molar-refractivity contribution is 7.13. The zero-order valence-electron chi connectivity index (χ0n) is 10.6. The van der Waals surface area contributed by atoms with Crippen molar-refractivity contribution in [2.75, 3.05) is 7.05 Å². The summed E-state index contributed by atoms with van der Waals surface area (Å²) in [4.78, 5) is 27.9. The molecule has 0 spiro atoms. The highest BCUT2D eigenvalue weighted by Crippen LogP contribution is 2.20. The van der Waals surface area contributed by atoms with Crippen LogP contribution in [0.4, 0.5) is 0 Å². The van der Waals surface area contributed by atoms with Gasteiger partial charge in [-0.05, 0) is 24.3 Å². The Labute approximate surface area is 123 Å². The Bertz CT molecular complexity index is 658. The molecule has 104 valence electrons. The third-order valence-corrected chi connectivity index (χ3v) is 4.28. The van der Waals surface area contributed by atoms with Gasteiger partial charge in [-0.25, -0.2) is 4.98 Å². The molecule has 0 unspecified atom stereocenters. The lowest BCUT2D eigenvalue weighted by Gasteiger charge is -1.90. The van der Waals surface area contributed by atoms with Crippen LogP contribution in [0.25, 0.3) is 12.2 Å². The van der Waals surface area contributed by atoms with Gasteiger partial charge in [0, 0.05) is 22.2 Å². The molecule has 2 rings (SSSR count). The van der Waals surface area contributed by atoms with Crippen LogP contribution in [0, 0.1) is 0 Å². The quantitative estimate of drug-likeness (QED) is 0.888. The van der Waals surface area contributed by atoms with Crippen LogP contribution in [0.2, 0.25) is 0 Å². The van der Waals surface area contributed by atoms with E-state index in [1.165, 1.54) is 22.7 Å². The Balaban J connectivity index is 2.05. The topological polar surface area (TPSA) is 79.3 Å². The van der Waals surface area contributed by atoms with E-state index in [0.29, 0.717) is 10.7 Å². The number of rotatable bonds is 5. The van der Waals surface area contributed by atoms with Crippen molar-refractivity contribution in [1.82, 2.24) is 10.3 Å². The first kappa shape index (κ1) is 14.4. The molecule has 7 heteroatoms. The lowest BCUT2D eigenvalue weighted by molar-refractivity contribution is -0.136. The molecule has 2 aromatic heterocycles. The van der Waals surface area contributed by atoms with E-state index in [1.807, 2.05) is 12.1 Å². The summed E-state index contributed by atoms with van der Waals surface area (Å²) in [6.45, 7) is 0. The van der Waals surface area contributed by atoms with Gasteiger partial charge in [-0.1, -0.05) is 0 Å². The predicted octanol–water partition coefficient (Wildman–Crippen LogP) is 2.36. The number of nitrogens with one attached hydrogen (secondary N) is 1. The third-order valence-electron chi connectivity index (χ3n) is 2.37. The maximum Gasteiger partial charge on any atom is 0.308 e. The van der Waals surface area contributed by atoms with Crippen LogP contribution < -0.4 is 5.32 Å². The molecule has 0 aromatic carbocycles. The molecule has 0 bridgehead atoms. The molecule has 0 aliphatic carbocycles. The Morgan fingerprint density at radius 2 is 2.20 bits per heavy atom. The lowest BCUT2D eigenvalue weighted by atomic mass is 10.3. The summed E-state index contributed by atoms with van der Waals surface area (Å²) in [5.41, 5.74) is 0.710. The van der Waals surface area contributed by atoms with Crippen molar-refractivity contribution in [2.45, 2.75) is 6.42 Å². The molecule has 2 aromatic rings. The second-order valence-corrected chi connectivity index (χ2v) is 5.92. The average molecular weight is 308 g/mol. The fourth-order valence-corrected chi connectivity index (χ4v) is 3.11. The molecule has 20 heavy (non-hydrogen) atoms. The highest BCUT2D eigenvalue weighted by atomic mass is 32.1. The Morgan fingerprint density at radius 3 is 2.90 bits per heavy atom. The van der Waals surface area contributed by atoms with Crippen molar-refractivity contribution < 1.29 is 14.7 Å². The third kappa shape index (κ3) is 3.75. The minimum Gasteiger partial charge on any atom is -0.481 e. The van der Waals surface area contributed by atoms with Gasteiger partial charge in [0.05, 0.1) is 12.1 Å². The number of hydrogen-bond acceptors (Lipinski definition) is 5. The van der Waals surface area contributed by atoms with E-state index in [-0.39, 0.29) is 12.3 Å². The fraction of sp³-hybridized carbons (Fsp3) is 0.154. The number of hydrogen-bond donors (Lipinski definition) is 2. The molecule has 0 aliphatic heterocycles. The molecule has 0 aliphatic rings. The van der Waals surface area contributed by atoms with E-state index in [9.17, 15) is 9.59 Å². The van der Waals surface area contributed by atoms with Crippen molar-refractivity contribution in [3.8, 4) is 0 Å². The number of nitrogens with zero attached hydrogens (tertiary/aromatic N) is 1. The highest BCUT2D eigenvalue weighted by Gasteiger charge is 2.07.